The summed E-state index contributed by atoms with van der Waals surface area (Å²) in [5.74, 6) is -0.832. The number of aromatic hydroxyl groups is 1. The fraction of sp³-hybridized carbons (Fsp3) is 0.0345. The number of hydrogen-bond acceptors (Lipinski definition) is 5. The number of amides is 1. The second kappa shape index (κ2) is 10.0. The highest BCUT2D eigenvalue weighted by Gasteiger charge is 2.47. The summed E-state index contributed by atoms with van der Waals surface area (Å²) in [5.41, 5.74) is 1.07. The molecule has 0 bridgehead atoms. The maximum Gasteiger partial charge on any atom is 0.300 e. The van der Waals surface area contributed by atoms with Gasteiger partial charge in [-0.25, -0.2) is 0 Å². The second-order valence-corrected chi connectivity index (χ2v) is 9.11. The number of aliphatic hydroxyl groups is 1. The third-order valence-electron chi connectivity index (χ3n) is 5.94. The molecule has 37 heavy (non-hydrogen) atoms. The molecule has 0 spiro atoms. The van der Waals surface area contributed by atoms with Crippen LogP contribution >= 0.6 is 23.2 Å². The van der Waals surface area contributed by atoms with Crippen LogP contribution < -0.4 is 9.64 Å². The Hall–Kier alpha value is -4.26. The number of ketones is 1. The van der Waals surface area contributed by atoms with Crippen LogP contribution in [-0.4, -0.2) is 21.9 Å². The zero-order valence-corrected chi connectivity index (χ0v) is 20.6. The summed E-state index contributed by atoms with van der Waals surface area (Å²) in [6.07, 6.45) is 0. The van der Waals surface area contributed by atoms with Gasteiger partial charge in [-0.3, -0.25) is 14.5 Å². The summed E-state index contributed by atoms with van der Waals surface area (Å²) < 4.78 is 5.84. The van der Waals surface area contributed by atoms with Gasteiger partial charge < -0.3 is 14.9 Å². The molecule has 6 nitrogen and oxygen atoms in total. The number of anilines is 1. The summed E-state index contributed by atoms with van der Waals surface area (Å²) in [6, 6.07) is 25.5. The number of phenols is 1. The molecule has 0 aliphatic carbocycles. The molecule has 4 aromatic carbocycles. The van der Waals surface area contributed by atoms with Crippen LogP contribution in [0.1, 0.15) is 17.2 Å². The molecule has 0 radical (unpaired) electrons. The largest absolute Gasteiger partial charge is 0.508 e. The van der Waals surface area contributed by atoms with Crippen LogP contribution in [0, 0.1) is 0 Å². The summed E-state index contributed by atoms with van der Waals surface area (Å²) in [5, 5.41) is 21.5. The first-order chi connectivity index (χ1) is 17.8. The van der Waals surface area contributed by atoms with Gasteiger partial charge in [-0.2, -0.15) is 0 Å². The summed E-state index contributed by atoms with van der Waals surface area (Å²) in [7, 11) is 0. The lowest BCUT2D eigenvalue weighted by Crippen LogP contribution is -2.29. The van der Waals surface area contributed by atoms with Gasteiger partial charge in [0.2, 0.25) is 0 Å². The maximum absolute atomic E-state index is 13.3. The van der Waals surface area contributed by atoms with Crippen LogP contribution in [0.15, 0.2) is 103 Å². The number of Topliss-reactive ketones (excluding diaryl/α,β-unsaturated/α-hetero) is 1. The van der Waals surface area contributed by atoms with E-state index in [1.54, 1.807) is 36.4 Å². The first-order valence-corrected chi connectivity index (χ1v) is 12.0. The van der Waals surface area contributed by atoms with Crippen molar-refractivity contribution in [3.8, 4) is 17.2 Å². The lowest BCUT2D eigenvalue weighted by Gasteiger charge is -2.25. The van der Waals surface area contributed by atoms with Crippen molar-refractivity contribution in [2.75, 3.05) is 4.90 Å². The molecule has 8 heteroatoms. The van der Waals surface area contributed by atoms with E-state index in [-0.39, 0.29) is 32.7 Å². The summed E-state index contributed by atoms with van der Waals surface area (Å²) in [6.45, 7) is 0. The topological polar surface area (TPSA) is 87.1 Å². The van der Waals surface area contributed by atoms with Crippen LogP contribution in [0.3, 0.4) is 0 Å². The van der Waals surface area contributed by atoms with Crippen LogP contribution in [0.25, 0.3) is 5.76 Å². The van der Waals surface area contributed by atoms with Crippen LogP contribution in [-0.2, 0) is 9.59 Å². The zero-order chi connectivity index (χ0) is 26.1. The van der Waals surface area contributed by atoms with Gasteiger partial charge in [-0.1, -0.05) is 53.5 Å². The first kappa shape index (κ1) is 24.4. The Morgan fingerprint density at radius 2 is 1.43 bits per heavy atom. The molecule has 5 rings (SSSR count). The SMILES string of the molecule is O=C1C(=O)N(c2ccc(Oc3ccccc3)cc2)C(c2ccc(O)cc2)/C1=C(/O)c1ccc(Cl)c(Cl)c1. The zero-order valence-electron chi connectivity index (χ0n) is 19.1. The number of benzene rings is 4. The standard InChI is InChI=1S/C29H19Cl2NO5/c30-23-15-8-18(16-24(23)31)27(34)25-26(17-6-11-20(33)12-7-17)32(29(36)28(25)35)19-9-13-22(14-10-19)37-21-4-2-1-3-5-21/h1-16,26,33-34H/b27-25-. The minimum Gasteiger partial charge on any atom is -0.508 e. The van der Waals surface area contributed by atoms with Crippen molar-refractivity contribution in [3.05, 3.63) is 124 Å². The van der Waals surface area contributed by atoms with Gasteiger partial charge in [0.05, 0.1) is 21.7 Å². The monoisotopic (exact) mass is 531 g/mol. The Balaban J connectivity index is 1.59. The Labute approximate surface area is 222 Å². The van der Waals surface area contributed by atoms with Crippen LogP contribution in [0.5, 0.6) is 17.2 Å². The molecule has 2 N–H and O–H groups in total. The van der Waals surface area contributed by atoms with E-state index in [4.69, 9.17) is 27.9 Å². The highest BCUT2D eigenvalue weighted by Crippen LogP contribution is 2.43. The first-order valence-electron chi connectivity index (χ1n) is 11.2. The van der Waals surface area contributed by atoms with E-state index < -0.39 is 17.7 Å². The Bertz CT molecular complexity index is 1520. The smallest absolute Gasteiger partial charge is 0.300 e. The van der Waals surface area contributed by atoms with Crippen molar-refractivity contribution < 1.29 is 24.5 Å². The fourth-order valence-electron chi connectivity index (χ4n) is 4.17. The number of nitrogens with zero attached hydrogens (tertiary/aromatic N) is 1. The van der Waals surface area contributed by atoms with E-state index in [1.807, 2.05) is 30.3 Å². The molecule has 1 amide bonds. The van der Waals surface area contributed by atoms with Gasteiger partial charge in [-0.15, -0.1) is 0 Å². The molecular weight excluding hydrogens is 513 g/mol. The minimum absolute atomic E-state index is 0.0209. The van der Waals surface area contributed by atoms with Crippen LogP contribution in [0.2, 0.25) is 10.0 Å². The lowest BCUT2D eigenvalue weighted by atomic mass is 9.95. The Morgan fingerprint density at radius 1 is 0.784 bits per heavy atom. The molecule has 0 aromatic heterocycles. The molecular formula is C29H19Cl2NO5. The maximum atomic E-state index is 13.3. The molecule has 1 heterocycles. The van der Waals surface area contributed by atoms with Gasteiger partial charge in [0.1, 0.15) is 23.0 Å². The highest BCUT2D eigenvalue weighted by molar-refractivity contribution is 6.51. The number of carbonyl (C=O) groups is 2. The number of para-hydroxylation sites is 1. The van der Waals surface area contributed by atoms with Crippen molar-refractivity contribution in [2.45, 2.75) is 6.04 Å². The van der Waals surface area contributed by atoms with Gasteiger partial charge >= 0.3 is 0 Å². The number of rotatable bonds is 5. The van der Waals surface area contributed by atoms with E-state index in [9.17, 15) is 19.8 Å². The van der Waals surface area contributed by atoms with E-state index in [0.29, 0.717) is 22.7 Å². The molecule has 1 saturated heterocycles. The number of hydrogen-bond donors (Lipinski definition) is 2. The van der Waals surface area contributed by atoms with Gasteiger partial charge in [0.25, 0.3) is 11.7 Å². The minimum atomic E-state index is -0.962. The van der Waals surface area contributed by atoms with E-state index in [2.05, 4.69) is 0 Å². The van der Waals surface area contributed by atoms with Crippen molar-refractivity contribution in [2.24, 2.45) is 0 Å². The third kappa shape index (κ3) is 4.77. The number of phenolic OH excluding ortho intramolecular Hbond substituents is 1. The molecule has 0 saturated carbocycles. The molecule has 184 valence electrons. The van der Waals surface area contributed by atoms with Crippen molar-refractivity contribution in [3.63, 3.8) is 0 Å². The van der Waals surface area contributed by atoms with E-state index in [0.717, 1.165) is 0 Å². The Morgan fingerprint density at radius 3 is 2.08 bits per heavy atom. The molecule has 4 aromatic rings. The molecule has 1 aliphatic heterocycles. The normalized spacial score (nSPS) is 16.7. The lowest BCUT2D eigenvalue weighted by molar-refractivity contribution is -0.132. The number of carbonyl (C=O) groups excluding carboxylic acids is 2. The molecule has 1 atom stereocenters. The van der Waals surface area contributed by atoms with Crippen molar-refractivity contribution >= 4 is 46.3 Å². The predicted octanol–water partition coefficient (Wildman–Crippen LogP) is 7.12. The highest BCUT2D eigenvalue weighted by atomic mass is 35.5. The van der Waals surface area contributed by atoms with Crippen molar-refractivity contribution in [1.82, 2.24) is 0 Å². The second-order valence-electron chi connectivity index (χ2n) is 8.30. The molecule has 1 unspecified atom stereocenters. The molecule has 1 aliphatic rings. The third-order valence-corrected chi connectivity index (χ3v) is 6.68. The van der Waals surface area contributed by atoms with Gasteiger partial charge in [0.15, 0.2) is 0 Å². The summed E-state index contributed by atoms with van der Waals surface area (Å²) in [4.78, 5) is 27.9. The number of halogens is 2. The predicted molar refractivity (Wildman–Crippen MR) is 142 cm³/mol. The number of ether oxygens (including phenoxy) is 1. The van der Waals surface area contributed by atoms with E-state index >= 15 is 0 Å². The summed E-state index contributed by atoms with van der Waals surface area (Å²) >= 11 is 12.1. The van der Waals surface area contributed by atoms with E-state index in [1.165, 1.54) is 35.2 Å². The molecule has 1 fully saturated rings. The van der Waals surface area contributed by atoms with Crippen molar-refractivity contribution in [1.29, 1.82) is 0 Å². The number of aliphatic hydroxyl groups excluding tert-OH is 1. The average molecular weight is 532 g/mol. The van der Waals surface area contributed by atoms with Gasteiger partial charge in [0, 0.05) is 11.3 Å². The van der Waals surface area contributed by atoms with Crippen LogP contribution in [0.4, 0.5) is 5.69 Å². The Kier molecular flexibility index (Phi) is 6.61. The van der Waals surface area contributed by atoms with Gasteiger partial charge in [-0.05, 0) is 72.3 Å². The average Bonchev–Trinajstić information content (AvgIpc) is 3.17. The quantitative estimate of drug-likeness (QED) is 0.162. The fourth-order valence-corrected chi connectivity index (χ4v) is 4.47.